The van der Waals surface area contributed by atoms with Crippen molar-refractivity contribution in [3.8, 4) is 11.5 Å². The van der Waals surface area contributed by atoms with Crippen molar-refractivity contribution in [1.82, 2.24) is 4.98 Å². The zero-order chi connectivity index (χ0) is 20.0. The molecule has 1 aliphatic heterocycles. The van der Waals surface area contributed by atoms with Gasteiger partial charge in [0.05, 0.1) is 5.69 Å². The van der Waals surface area contributed by atoms with Gasteiger partial charge in [0.25, 0.3) is 0 Å². The molecule has 0 radical (unpaired) electrons. The van der Waals surface area contributed by atoms with Crippen LogP contribution in [0, 0.1) is 6.92 Å². The van der Waals surface area contributed by atoms with Gasteiger partial charge in [-0.15, -0.1) is 0 Å². The molecule has 148 valence electrons. The highest BCUT2D eigenvalue weighted by Crippen LogP contribution is 2.40. The lowest BCUT2D eigenvalue weighted by Crippen LogP contribution is -2.58. The molecule has 0 atom stereocenters. The number of rotatable bonds is 2. The molecule has 2 aliphatic rings. The quantitative estimate of drug-likeness (QED) is 0.692. The van der Waals surface area contributed by atoms with Crippen LogP contribution in [0.1, 0.15) is 37.7 Å². The van der Waals surface area contributed by atoms with Crippen LogP contribution in [0.15, 0.2) is 56.9 Å². The van der Waals surface area contributed by atoms with Crippen molar-refractivity contribution in [2.24, 2.45) is 21.5 Å². The molecule has 4 N–H and O–H groups in total. The highest BCUT2D eigenvalue weighted by Gasteiger charge is 2.42. The van der Waals surface area contributed by atoms with E-state index < -0.39 is 5.66 Å². The normalized spacial score (nSPS) is 18.7. The summed E-state index contributed by atoms with van der Waals surface area (Å²) in [4.78, 5) is 15.6. The molecule has 0 saturated heterocycles. The number of guanidine groups is 2. The van der Waals surface area contributed by atoms with Gasteiger partial charge in [0.15, 0.2) is 5.58 Å². The minimum absolute atomic E-state index is 0.253. The summed E-state index contributed by atoms with van der Waals surface area (Å²) >= 11 is 0. The maximum absolute atomic E-state index is 6.33. The number of aliphatic imine (C=N–C) groups is 2. The Hall–Kier alpha value is -3.35. The first-order chi connectivity index (χ1) is 14.0. The molecule has 0 amide bonds. The molecule has 1 fully saturated rings. The first-order valence-electron chi connectivity index (χ1n) is 10.0. The smallest absolute Gasteiger partial charge is 0.227 e. The van der Waals surface area contributed by atoms with E-state index in [-0.39, 0.29) is 5.96 Å². The summed E-state index contributed by atoms with van der Waals surface area (Å²) in [5.41, 5.74) is 16.4. The van der Waals surface area contributed by atoms with Gasteiger partial charge in [-0.2, -0.15) is 4.99 Å². The maximum Gasteiger partial charge on any atom is 0.227 e. The van der Waals surface area contributed by atoms with Crippen LogP contribution in [0.5, 0.6) is 0 Å². The molecule has 0 unspecified atom stereocenters. The monoisotopic (exact) mass is 388 g/mol. The summed E-state index contributed by atoms with van der Waals surface area (Å²) in [6, 6.07) is 14.1. The summed E-state index contributed by atoms with van der Waals surface area (Å²) < 4.78 is 6.09. The number of aryl methyl sites for hydroxylation is 1. The SMILES string of the molecule is Cc1cccc(-c2nc3ccc(N4C(N)=NC(N)=NC45CCCCC5)cc3o2)c1. The fourth-order valence-corrected chi connectivity index (χ4v) is 4.45. The van der Waals surface area contributed by atoms with Crippen molar-refractivity contribution < 1.29 is 4.42 Å². The second kappa shape index (κ2) is 6.62. The third-order valence-corrected chi connectivity index (χ3v) is 5.75. The topological polar surface area (TPSA) is 106 Å². The summed E-state index contributed by atoms with van der Waals surface area (Å²) in [6.07, 6.45) is 5.16. The standard InChI is InChI=1S/C22H24N6O/c1-14-6-5-7-15(12-14)19-25-17-9-8-16(13-18(17)29-19)28-21(24)26-20(23)27-22(28)10-3-2-4-11-22/h5-9,12-13H,2-4,10-11H2,1H3,(H4,23,24,26,27). The Balaban J connectivity index is 1.58. The second-order valence-electron chi connectivity index (χ2n) is 7.86. The Morgan fingerprint density at radius 2 is 1.86 bits per heavy atom. The molecule has 3 aromatic rings. The van der Waals surface area contributed by atoms with E-state index in [4.69, 9.17) is 20.9 Å². The number of fused-ring (bicyclic) bond motifs is 1. The van der Waals surface area contributed by atoms with Crippen LogP contribution in [-0.4, -0.2) is 22.6 Å². The van der Waals surface area contributed by atoms with Crippen molar-refractivity contribution in [3.05, 3.63) is 48.0 Å². The van der Waals surface area contributed by atoms with Crippen molar-refractivity contribution >= 4 is 28.7 Å². The fourth-order valence-electron chi connectivity index (χ4n) is 4.45. The molecular weight excluding hydrogens is 364 g/mol. The molecule has 5 rings (SSSR count). The number of nitrogens with two attached hydrogens (primary N) is 2. The van der Waals surface area contributed by atoms with Crippen LogP contribution in [-0.2, 0) is 0 Å². The molecule has 7 nitrogen and oxygen atoms in total. The van der Waals surface area contributed by atoms with Crippen LogP contribution in [0.25, 0.3) is 22.6 Å². The van der Waals surface area contributed by atoms with E-state index in [9.17, 15) is 0 Å². The number of nitrogens with zero attached hydrogens (tertiary/aromatic N) is 4. The number of aromatic nitrogens is 1. The van der Waals surface area contributed by atoms with Gasteiger partial charge in [-0.1, -0.05) is 24.1 Å². The summed E-state index contributed by atoms with van der Waals surface area (Å²) in [5.74, 6) is 1.23. The van der Waals surface area contributed by atoms with E-state index in [1.807, 2.05) is 35.2 Å². The van der Waals surface area contributed by atoms with E-state index in [1.54, 1.807) is 0 Å². The van der Waals surface area contributed by atoms with Crippen molar-refractivity contribution in [1.29, 1.82) is 0 Å². The first-order valence-corrected chi connectivity index (χ1v) is 10.0. The summed E-state index contributed by atoms with van der Waals surface area (Å²) in [7, 11) is 0. The molecule has 1 spiro atoms. The molecule has 1 aromatic heterocycles. The third kappa shape index (κ3) is 3.03. The van der Waals surface area contributed by atoms with Crippen molar-refractivity contribution in [2.75, 3.05) is 4.90 Å². The lowest BCUT2D eigenvalue weighted by Gasteiger charge is -2.45. The van der Waals surface area contributed by atoms with Crippen LogP contribution in [0.4, 0.5) is 5.69 Å². The van der Waals surface area contributed by atoms with Crippen LogP contribution >= 0.6 is 0 Å². The molecule has 29 heavy (non-hydrogen) atoms. The van der Waals surface area contributed by atoms with Gasteiger partial charge in [-0.05, 0) is 56.9 Å². The number of hydrogen-bond donors (Lipinski definition) is 2. The predicted octanol–water partition coefficient (Wildman–Crippen LogP) is 3.91. The maximum atomic E-state index is 6.33. The third-order valence-electron chi connectivity index (χ3n) is 5.75. The highest BCUT2D eigenvalue weighted by molar-refractivity contribution is 6.06. The van der Waals surface area contributed by atoms with Crippen LogP contribution in [0.3, 0.4) is 0 Å². The molecule has 2 aromatic carbocycles. The van der Waals surface area contributed by atoms with Crippen molar-refractivity contribution in [2.45, 2.75) is 44.7 Å². The average Bonchev–Trinajstić information content (AvgIpc) is 3.11. The average molecular weight is 388 g/mol. The lowest BCUT2D eigenvalue weighted by molar-refractivity contribution is 0.305. The molecule has 7 heteroatoms. The summed E-state index contributed by atoms with van der Waals surface area (Å²) in [6.45, 7) is 2.05. The minimum atomic E-state index is -0.471. The van der Waals surface area contributed by atoms with Crippen LogP contribution < -0.4 is 16.4 Å². The predicted molar refractivity (Wildman–Crippen MR) is 116 cm³/mol. The van der Waals surface area contributed by atoms with Gasteiger partial charge in [0, 0.05) is 11.6 Å². The molecule has 0 bridgehead atoms. The zero-order valence-electron chi connectivity index (χ0n) is 16.4. The van der Waals surface area contributed by atoms with E-state index in [0.29, 0.717) is 17.4 Å². The van der Waals surface area contributed by atoms with E-state index >= 15 is 0 Å². The van der Waals surface area contributed by atoms with E-state index in [1.165, 1.54) is 6.42 Å². The van der Waals surface area contributed by atoms with Crippen LogP contribution in [0.2, 0.25) is 0 Å². The molecular formula is C22H24N6O. The Morgan fingerprint density at radius 1 is 1.03 bits per heavy atom. The first kappa shape index (κ1) is 17.7. The number of anilines is 1. The largest absolute Gasteiger partial charge is 0.436 e. The van der Waals surface area contributed by atoms with Gasteiger partial charge in [-0.3, -0.25) is 4.90 Å². The number of oxazole rings is 1. The zero-order valence-corrected chi connectivity index (χ0v) is 16.4. The summed E-state index contributed by atoms with van der Waals surface area (Å²) in [5, 5.41) is 0. The van der Waals surface area contributed by atoms with E-state index in [2.05, 4.69) is 29.0 Å². The minimum Gasteiger partial charge on any atom is -0.436 e. The second-order valence-corrected chi connectivity index (χ2v) is 7.86. The van der Waals surface area contributed by atoms with E-state index in [0.717, 1.165) is 48.0 Å². The van der Waals surface area contributed by atoms with Gasteiger partial charge in [-0.25, -0.2) is 9.98 Å². The Labute approximate surface area is 169 Å². The highest BCUT2D eigenvalue weighted by atomic mass is 16.3. The van der Waals surface area contributed by atoms with Gasteiger partial charge in [0.2, 0.25) is 17.8 Å². The molecule has 1 saturated carbocycles. The number of hydrogen-bond acceptors (Lipinski definition) is 7. The Morgan fingerprint density at radius 3 is 2.66 bits per heavy atom. The molecule has 1 aliphatic carbocycles. The lowest BCUT2D eigenvalue weighted by atomic mass is 9.87. The Kier molecular flexibility index (Phi) is 4.04. The van der Waals surface area contributed by atoms with Gasteiger partial charge < -0.3 is 15.9 Å². The molecule has 2 heterocycles. The van der Waals surface area contributed by atoms with Gasteiger partial charge in [0.1, 0.15) is 11.2 Å². The Bertz CT molecular complexity index is 1140. The number of benzene rings is 2. The van der Waals surface area contributed by atoms with Gasteiger partial charge >= 0.3 is 0 Å². The fraction of sp³-hybridized carbons (Fsp3) is 0.318. The van der Waals surface area contributed by atoms with Crippen molar-refractivity contribution in [3.63, 3.8) is 0 Å².